The lowest BCUT2D eigenvalue weighted by Crippen LogP contribution is -2.07. The van der Waals surface area contributed by atoms with Gasteiger partial charge in [-0.2, -0.15) is 5.10 Å². The minimum Gasteiger partial charge on any atom is -0.481 e. The van der Waals surface area contributed by atoms with Crippen molar-refractivity contribution in [2.45, 2.75) is 39.8 Å². The topological polar surface area (TPSA) is 75.3 Å². The number of aromatic nitrogens is 2. The first kappa shape index (κ1) is 11.7. The van der Waals surface area contributed by atoms with Gasteiger partial charge >= 0.3 is 5.97 Å². The first-order valence-electron chi connectivity index (χ1n) is 4.91. The van der Waals surface area contributed by atoms with Crippen LogP contribution >= 0.6 is 0 Å². The summed E-state index contributed by atoms with van der Waals surface area (Å²) in [6.07, 6.45) is -1.25. The highest BCUT2D eigenvalue weighted by Gasteiger charge is 2.20. The molecule has 15 heavy (non-hydrogen) atoms. The van der Waals surface area contributed by atoms with Crippen molar-refractivity contribution in [3.8, 4) is 0 Å². The minimum atomic E-state index is -1.01. The molecule has 0 unspecified atom stereocenters. The number of aryl methyl sites for hydroxylation is 2. The van der Waals surface area contributed by atoms with Gasteiger partial charge in [0.15, 0.2) is 0 Å². The van der Waals surface area contributed by atoms with Crippen LogP contribution in [0, 0.1) is 13.8 Å². The molecule has 1 rings (SSSR count). The lowest BCUT2D eigenvalue weighted by molar-refractivity contribution is -0.139. The lowest BCUT2D eigenvalue weighted by Gasteiger charge is -2.08. The lowest BCUT2D eigenvalue weighted by atomic mass is 10.1. The Hall–Kier alpha value is -1.36. The second-order valence-electron chi connectivity index (χ2n) is 3.51. The molecule has 0 aliphatic heterocycles. The Kier molecular flexibility index (Phi) is 3.47. The molecule has 0 radical (unpaired) electrons. The second-order valence-corrected chi connectivity index (χ2v) is 3.51. The molecule has 5 heteroatoms. The molecule has 2 N–H and O–H groups in total. The van der Waals surface area contributed by atoms with Crippen molar-refractivity contribution in [1.29, 1.82) is 0 Å². The van der Waals surface area contributed by atoms with Crippen LogP contribution in [0.2, 0.25) is 0 Å². The predicted molar refractivity (Wildman–Crippen MR) is 54.6 cm³/mol. The SMILES string of the molecule is CCn1nc(C)c([C@@H](O)CC(=O)O)c1C. The maximum atomic E-state index is 10.5. The molecule has 0 saturated heterocycles. The highest BCUT2D eigenvalue weighted by molar-refractivity contribution is 5.67. The van der Waals surface area contributed by atoms with E-state index in [-0.39, 0.29) is 6.42 Å². The summed E-state index contributed by atoms with van der Waals surface area (Å²) < 4.78 is 1.76. The molecule has 0 bridgehead atoms. The van der Waals surface area contributed by atoms with Gasteiger partial charge in [0.25, 0.3) is 0 Å². The van der Waals surface area contributed by atoms with Gasteiger partial charge in [0.2, 0.25) is 0 Å². The van der Waals surface area contributed by atoms with E-state index >= 15 is 0 Å². The number of rotatable bonds is 4. The fourth-order valence-corrected chi connectivity index (χ4v) is 1.77. The van der Waals surface area contributed by atoms with E-state index in [0.29, 0.717) is 17.8 Å². The Morgan fingerprint density at radius 3 is 2.53 bits per heavy atom. The summed E-state index contributed by atoms with van der Waals surface area (Å²) in [4.78, 5) is 10.5. The molecule has 1 aromatic heterocycles. The van der Waals surface area contributed by atoms with E-state index in [1.54, 1.807) is 11.6 Å². The molecule has 0 spiro atoms. The summed E-state index contributed by atoms with van der Waals surface area (Å²) in [5.74, 6) is -1.01. The number of carboxylic acid groups (broad SMARTS) is 1. The van der Waals surface area contributed by atoms with Crippen LogP contribution in [0.4, 0.5) is 0 Å². The molecular formula is C10H16N2O3. The first-order valence-corrected chi connectivity index (χ1v) is 4.91. The zero-order valence-electron chi connectivity index (χ0n) is 9.19. The maximum absolute atomic E-state index is 10.5. The Labute approximate surface area is 88.3 Å². The summed E-state index contributed by atoms with van der Waals surface area (Å²) in [6.45, 7) is 6.28. The average molecular weight is 212 g/mol. The van der Waals surface area contributed by atoms with Gasteiger partial charge in [-0.25, -0.2) is 0 Å². The van der Waals surface area contributed by atoms with E-state index in [9.17, 15) is 9.90 Å². The van der Waals surface area contributed by atoms with E-state index in [1.807, 2.05) is 13.8 Å². The molecule has 5 nitrogen and oxygen atoms in total. The Balaban J connectivity index is 3.02. The Bertz CT molecular complexity index is 371. The molecule has 1 heterocycles. The molecule has 0 fully saturated rings. The van der Waals surface area contributed by atoms with E-state index in [1.165, 1.54) is 0 Å². The molecule has 84 valence electrons. The minimum absolute atomic E-state index is 0.281. The van der Waals surface area contributed by atoms with Gasteiger partial charge in [-0.1, -0.05) is 0 Å². The van der Waals surface area contributed by atoms with Crippen molar-refractivity contribution in [1.82, 2.24) is 9.78 Å². The van der Waals surface area contributed by atoms with Crippen LogP contribution in [-0.2, 0) is 11.3 Å². The van der Waals surface area contributed by atoms with E-state index < -0.39 is 12.1 Å². The first-order chi connectivity index (χ1) is 6.97. The van der Waals surface area contributed by atoms with Gasteiger partial charge in [0, 0.05) is 17.8 Å². The summed E-state index contributed by atoms with van der Waals surface area (Å²) in [7, 11) is 0. The van der Waals surface area contributed by atoms with Crippen molar-refractivity contribution >= 4 is 5.97 Å². The zero-order valence-corrected chi connectivity index (χ0v) is 9.19. The molecule has 0 amide bonds. The van der Waals surface area contributed by atoms with Crippen LogP contribution < -0.4 is 0 Å². The number of nitrogens with zero attached hydrogens (tertiary/aromatic N) is 2. The Morgan fingerprint density at radius 2 is 2.13 bits per heavy atom. The number of hydrogen-bond acceptors (Lipinski definition) is 3. The number of aliphatic hydroxyl groups excluding tert-OH is 1. The third-order valence-corrected chi connectivity index (χ3v) is 2.44. The van der Waals surface area contributed by atoms with E-state index in [2.05, 4.69) is 5.10 Å². The quantitative estimate of drug-likeness (QED) is 0.781. The molecule has 0 aliphatic rings. The van der Waals surface area contributed by atoms with Gasteiger partial charge in [-0.3, -0.25) is 9.48 Å². The van der Waals surface area contributed by atoms with Crippen LogP contribution in [0.1, 0.15) is 36.4 Å². The molecule has 0 aliphatic carbocycles. The van der Waals surface area contributed by atoms with Crippen molar-refractivity contribution < 1.29 is 15.0 Å². The molecular weight excluding hydrogens is 196 g/mol. The van der Waals surface area contributed by atoms with Gasteiger partial charge in [0.1, 0.15) is 0 Å². The molecule has 1 aromatic rings. The fraction of sp³-hybridized carbons (Fsp3) is 0.600. The van der Waals surface area contributed by atoms with Gasteiger partial charge in [0.05, 0.1) is 18.2 Å². The van der Waals surface area contributed by atoms with Crippen molar-refractivity contribution in [3.05, 3.63) is 17.0 Å². The number of carboxylic acids is 1. The summed E-state index contributed by atoms with van der Waals surface area (Å²) >= 11 is 0. The number of aliphatic hydroxyl groups is 1. The number of aliphatic carboxylic acids is 1. The van der Waals surface area contributed by atoms with Crippen molar-refractivity contribution in [3.63, 3.8) is 0 Å². The smallest absolute Gasteiger partial charge is 0.306 e. The van der Waals surface area contributed by atoms with Crippen LogP contribution in [0.5, 0.6) is 0 Å². The molecule has 0 saturated carbocycles. The normalized spacial score (nSPS) is 12.8. The fourth-order valence-electron chi connectivity index (χ4n) is 1.77. The van der Waals surface area contributed by atoms with Crippen LogP contribution in [0.15, 0.2) is 0 Å². The van der Waals surface area contributed by atoms with Crippen LogP contribution in [0.3, 0.4) is 0 Å². The number of carbonyl (C=O) groups is 1. The average Bonchev–Trinajstić information content (AvgIpc) is 2.40. The Morgan fingerprint density at radius 1 is 1.53 bits per heavy atom. The van der Waals surface area contributed by atoms with Gasteiger partial charge in [-0.15, -0.1) is 0 Å². The molecule has 1 atom stereocenters. The maximum Gasteiger partial charge on any atom is 0.306 e. The zero-order chi connectivity index (χ0) is 11.6. The summed E-state index contributed by atoms with van der Waals surface area (Å²) in [6, 6.07) is 0. The van der Waals surface area contributed by atoms with E-state index in [0.717, 1.165) is 5.69 Å². The summed E-state index contributed by atoms with van der Waals surface area (Å²) in [5, 5.41) is 22.6. The predicted octanol–water partition coefficient (Wildman–Crippen LogP) is 1.03. The third kappa shape index (κ3) is 2.36. The third-order valence-electron chi connectivity index (χ3n) is 2.44. The standard InChI is InChI=1S/C10H16N2O3/c1-4-12-7(3)10(6(2)11-12)8(13)5-9(14)15/h8,13H,4-5H2,1-3H3,(H,14,15)/t8-/m0/s1. The highest BCUT2D eigenvalue weighted by Crippen LogP contribution is 2.23. The number of hydrogen-bond donors (Lipinski definition) is 2. The van der Waals surface area contributed by atoms with Crippen molar-refractivity contribution in [2.24, 2.45) is 0 Å². The van der Waals surface area contributed by atoms with Gasteiger partial charge < -0.3 is 10.2 Å². The van der Waals surface area contributed by atoms with Crippen molar-refractivity contribution in [2.75, 3.05) is 0 Å². The van der Waals surface area contributed by atoms with Crippen LogP contribution in [0.25, 0.3) is 0 Å². The van der Waals surface area contributed by atoms with Crippen LogP contribution in [-0.4, -0.2) is 26.0 Å². The highest BCUT2D eigenvalue weighted by atomic mass is 16.4. The van der Waals surface area contributed by atoms with E-state index in [4.69, 9.17) is 5.11 Å². The second kappa shape index (κ2) is 4.44. The largest absolute Gasteiger partial charge is 0.481 e. The molecule has 0 aromatic carbocycles. The summed E-state index contributed by atoms with van der Waals surface area (Å²) in [5.41, 5.74) is 2.17. The van der Waals surface area contributed by atoms with Gasteiger partial charge in [-0.05, 0) is 20.8 Å². The monoisotopic (exact) mass is 212 g/mol.